The Kier molecular flexibility index (Phi) is 2.56. The van der Waals surface area contributed by atoms with Crippen LogP contribution < -0.4 is 0 Å². The summed E-state index contributed by atoms with van der Waals surface area (Å²) in [6.45, 7) is 2.06. The third-order valence-corrected chi connectivity index (χ3v) is 2.98. The number of aryl methyl sites for hydroxylation is 1. The molecule has 0 spiro atoms. The van der Waals surface area contributed by atoms with Crippen LogP contribution in [0.3, 0.4) is 0 Å². The molecule has 0 N–H and O–H groups in total. The number of nitrogens with zero attached hydrogens (tertiary/aromatic N) is 1. The summed E-state index contributed by atoms with van der Waals surface area (Å²) in [6, 6.07) is 16.6. The van der Waals surface area contributed by atoms with E-state index in [1.165, 1.54) is 17.7 Å². The van der Waals surface area contributed by atoms with Crippen molar-refractivity contribution in [3.05, 3.63) is 66.0 Å². The molecule has 3 rings (SSSR count). The van der Waals surface area contributed by atoms with Crippen LogP contribution in [0.25, 0.3) is 22.2 Å². The van der Waals surface area contributed by atoms with Gasteiger partial charge in [-0.25, -0.2) is 9.37 Å². The van der Waals surface area contributed by atoms with Gasteiger partial charge >= 0.3 is 0 Å². The van der Waals surface area contributed by atoms with Crippen LogP contribution in [0.5, 0.6) is 0 Å². The van der Waals surface area contributed by atoms with Crippen molar-refractivity contribution < 1.29 is 4.39 Å². The molecule has 0 fully saturated rings. The Balaban J connectivity index is 2.13. The number of benzene rings is 2. The highest BCUT2D eigenvalue weighted by Crippen LogP contribution is 2.21. The zero-order valence-electron chi connectivity index (χ0n) is 10.0. The normalized spacial score (nSPS) is 10.8. The first kappa shape index (κ1) is 10.9. The molecule has 0 radical (unpaired) electrons. The Bertz CT molecular complexity index is 702. The molecule has 0 aliphatic carbocycles. The molecule has 88 valence electrons. The molecule has 2 heteroatoms. The molecule has 1 aromatic heterocycles. The molecular formula is C16H12FN. The van der Waals surface area contributed by atoms with Crippen molar-refractivity contribution in [2.24, 2.45) is 0 Å². The number of hydrogen-bond donors (Lipinski definition) is 0. The minimum absolute atomic E-state index is 0.227. The molecule has 0 saturated heterocycles. The largest absolute Gasteiger partial charge is 0.248 e. The molecule has 1 heterocycles. The highest BCUT2D eigenvalue weighted by molar-refractivity contribution is 5.82. The van der Waals surface area contributed by atoms with Gasteiger partial charge in [0, 0.05) is 10.9 Å². The summed E-state index contributed by atoms with van der Waals surface area (Å²) in [5.41, 5.74) is 3.98. The highest BCUT2D eigenvalue weighted by atomic mass is 19.1. The zero-order chi connectivity index (χ0) is 12.5. The average Bonchev–Trinajstić information content (AvgIpc) is 2.39. The van der Waals surface area contributed by atoms with Gasteiger partial charge in [0.05, 0.1) is 11.2 Å². The maximum atomic E-state index is 12.9. The Hall–Kier alpha value is -2.22. The number of rotatable bonds is 1. The smallest absolute Gasteiger partial charge is 0.123 e. The van der Waals surface area contributed by atoms with E-state index in [0.29, 0.717) is 0 Å². The summed E-state index contributed by atoms with van der Waals surface area (Å²) in [7, 11) is 0. The maximum absolute atomic E-state index is 12.9. The minimum Gasteiger partial charge on any atom is -0.248 e. The van der Waals surface area contributed by atoms with Crippen molar-refractivity contribution in [3.8, 4) is 11.3 Å². The highest BCUT2D eigenvalue weighted by Gasteiger charge is 2.02. The molecule has 0 atom stereocenters. The van der Waals surface area contributed by atoms with Gasteiger partial charge < -0.3 is 0 Å². The van der Waals surface area contributed by atoms with E-state index in [1.807, 2.05) is 24.3 Å². The van der Waals surface area contributed by atoms with E-state index in [1.54, 1.807) is 12.1 Å². The van der Waals surface area contributed by atoms with Crippen molar-refractivity contribution in [2.75, 3.05) is 0 Å². The monoisotopic (exact) mass is 237 g/mol. The Morgan fingerprint density at radius 2 is 1.67 bits per heavy atom. The lowest BCUT2D eigenvalue weighted by Crippen LogP contribution is -1.86. The first-order valence-corrected chi connectivity index (χ1v) is 5.86. The van der Waals surface area contributed by atoms with E-state index < -0.39 is 0 Å². The predicted molar refractivity (Wildman–Crippen MR) is 71.9 cm³/mol. The molecule has 3 aromatic rings. The van der Waals surface area contributed by atoms with Gasteiger partial charge in [-0.2, -0.15) is 0 Å². The van der Waals surface area contributed by atoms with Crippen molar-refractivity contribution in [1.82, 2.24) is 4.98 Å². The molecule has 0 unspecified atom stereocenters. The zero-order valence-corrected chi connectivity index (χ0v) is 10.0. The lowest BCUT2D eigenvalue weighted by Gasteiger charge is -2.04. The van der Waals surface area contributed by atoms with Crippen LogP contribution in [-0.4, -0.2) is 4.98 Å². The number of hydrogen-bond acceptors (Lipinski definition) is 1. The van der Waals surface area contributed by atoms with Crippen molar-refractivity contribution in [2.45, 2.75) is 6.92 Å². The number of pyridine rings is 1. The Morgan fingerprint density at radius 1 is 0.889 bits per heavy atom. The lowest BCUT2D eigenvalue weighted by molar-refractivity contribution is 0.628. The van der Waals surface area contributed by atoms with Crippen LogP contribution in [-0.2, 0) is 0 Å². The Labute approximate surface area is 105 Å². The molecular weight excluding hydrogens is 225 g/mol. The molecule has 2 aromatic carbocycles. The number of aromatic nitrogens is 1. The number of halogens is 1. The molecule has 0 bridgehead atoms. The van der Waals surface area contributed by atoms with E-state index in [9.17, 15) is 4.39 Å². The fraction of sp³-hybridized carbons (Fsp3) is 0.0625. The first-order chi connectivity index (χ1) is 8.72. The van der Waals surface area contributed by atoms with E-state index in [2.05, 4.69) is 18.0 Å². The van der Waals surface area contributed by atoms with Crippen LogP contribution >= 0.6 is 0 Å². The second-order valence-electron chi connectivity index (χ2n) is 4.40. The lowest BCUT2D eigenvalue weighted by atomic mass is 10.1. The fourth-order valence-corrected chi connectivity index (χ4v) is 2.03. The molecule has 0 amide bonds. The summed E-state index contributed by atoms with van der Waals surface area (Å²) < 4.78 is 12.9. The SMILES string of the molecule is Cc1ccc2nc(-c3ccc(F)cc3)ccc2c1. The predicted octanol–water partition coefficient (Wildman–Crippen LogP) is 4.35. The molecule has 0 aliphatic heterocycles. The third-order valence-electron chi connectivity index (χ3n) is 2.98. The fourth-order valence-electron chi connectivity index (χ4n) is 2.03. The average molecular weight is 237 g/mol. The van der Waals surface area contributed by atoms with E-state index >= 15 is 0 Å². The van der Waals surface area contributed by atoms with E-state index in [-0.39, 0.29) is 5.82 Å². The van der Waals surface area contributed by atoms with Gasteiger partial charge in [-0.1, -0.05) is 17.7 Å². The molecule has 1 nitrogen and oxygen atoms in total. The summed E-state index contributed by atoms with van der Waals surface area (Å²) in [5.74, 6) is -0.227. The first-order valence-electron chi connectivity index (χ1n) is 5.86. The molecule has 0 aliphatic rings. The van der Waals surface area contributed by atoms with Gasteiger partial charge in [0.25, 0.3) is 0 Å². The van der Waals surface area contributed by atoms with E-state index in [0.717, 1.165) is 22.2 Å². The van der Waals surface area contributed by atoms with Crippen LogP contribution in [0.1, 0.15) is 5.56 Å². The molecule has 18 heavy (non-hydrogen) atoms. The second-order valence-corrected chi connectivity index (χ2v) is 4.40. The van der Waals surface area contributed by atoms with Crippen LogP contribution in [0, 0.1) is 12.7 Å². The second kappa shape index (κ2) is 4.22. The topological polar surface area (TPSA) is 12.9 Å². The van der Waals surface area contributed by atoms with Crippen molar-refractivity contribution in [1.29, 1.82) is 0 Å². The van der Waals surface area contributed by atoms with Gasteiger partial charge in [0.1, 0.15) is 5.82 Å². The summed E-state index contributed by atoms with van der Waals surface area (Å²) in [4.78, 5) is 4.59. The van der Waals surface area contributed by atoms with Gasteiger partial charge in [-0.3, -0.25) is 0 Å². The summed E-state index contributed by atoms with van der Waals surface area (Å²) in [6.07, 6.45) is 0. The van der Waals surface area contributed by atoms with Gasteiger partial charge in [0.2, 0.25) is 0 Å². The van der Waals surface area contributed by atoms with Crippen LogP contribution in [0.2, 0.25) is 0 Å². The number of fused-ring (bicyclic) bond motifs is 1. The van der Waals surface area contributed by atoms with E-state index in [4.69, 9.17) is 0 Å². The maximum Gasteiger partial charge on any atom is 0.123 e. The molecule has 0 saturated carbocycles. The van der Waals surface area contributed by atoms with Gasteiger partial charge in [0.15, 0.2) is 0 Å². The van der Waals surface area contributed by atoms with Crippen LogP contribution in [0.15, 0.2) is 54.6 Å². The van der Waals surface area contributed by atoms with Crippen molar-refractivity contribution in [3.63, 3.8) is 0 Å². The van der Waals surface area contributed by atoms with Gasteiger partial charge in [-0.05, 0) is 49.4 Å². The van der Waals surface area contributed by atoms with Gasteiger partial charge in [-0.15, -0.1) is 0 Å². The quantitative estimate of drug-likeness (QED) is 0.613. The summed E-state index contributed by atoms with van der Waals surface area (Å²) in [5, 5.41) is 1.13. The minimum atomic E-state index is -0.227. The standard InChI is InChI=1S/C16H12FN/c1-11-2-8-16-13(10-11)5-9-15(18-16)12-3-6-14(17)7-4-12/h2-10H,1H3. The van der Waals surface area contributed by atoms with Crippen molar-refractivity contribution >= 4 is 10.9 Å². The Morgan fingerprint density at radius 3 is 2.44 bits per heavy atom. The third kappa shape index (κ3) is 1.97. The summed E-state index contributed by atoms with van der Waals surface area (Å²) >= 11 is 0. The van der Waals surface area contributed by atoms with Crippen LogP contribution in [0.4, 0.5) is 4.39 Å².